The monoisotopic (exact) mass is 266 g/mol. The molecule has 0 aromatic carbocycles. The van der Waals surface area contributed by atoms with Gasteiger partial charge < -0.3 is 10.1 Å². The van der Waals surface area contributed by atoms with E-state index in [0.717, 1.165) is 31.3 Å². The fraction of sp³-hybridized carbons (Fsp3) is 1.00. The summed E-state index contributed by atoms with van der Waals surface area (Å²) in [5.41, 5.74) is 0. The lowest BCUT2D eigenvalue weighted by Gasteiger charge is -2.47. The lowest BCUT2D eigenvalue weighted by Crippen LogP contribution is -2.60. The molecule has 0 radical (unpaired) electrons. The number of fused-ring (bicyclic) bond motifs is 1. The third-order valence-corrected chi connectivity index (χ3v) is 5.34. The summed E-state index contributed by atoms with van der Waals surface area (Å²) < 4.78 is 5.98. The third kappa shape index (κ3) is 2.98. The molecule has 110 valence electrons. The minimum atomic E-state index is 0.544. The summed E-state index contributed by atoms with van der Waals surface area (Å²) >= 11 is 0. The molecule has 3 rings (SSSR count). The number of hydrogen-bond acceptors (Lipinski definition) is 3. The predicted molar refractivity (Wildman–Crippen MR) is 78.4 cm³/mol. The average Bonchev–Trinajstić information content (AvgIpc) is 2.94. The van der Waals surface area contributed by atoms with Crippen molar-refractivity contribution in [1.29, 1.82) is 0 Å². The second-order valence-corrected chi connectivity index (χ2v) is 6.56. The van der Waals surface area contributed by atoms with Crippen LogP contribution in [0.1, 0.15) is 58.3 Å². The molecule has 2 saturated carbocycles. The molecule has 1 N–H and O–H groups in total. The number of rotatable bonds is 4. The molecule has 0 amide bonds. The number of hydrogen-bond donors (Lipinski definition) is 1. The van der Waals surface area contributed by atoms with Crippen LogP contribution in [0.25, 0.3) is 0 Å². The molecule has 3 heteroatoms. The van der Waals surface area contributed by atoms with E-state index in [1.807, 2.05) is 0 Å². The predicted octanol–water partition coefficient (Wildman–Crippen LogP) is 2.55. The third-order valence-electron chi connectivity index (χ3n) is 5.34. The van der Waals surface area contributed by atoms with E-state index in [9.17, 15) is 0 Å². The summed E-state index contributed by atoms with van der Waals surface area (Å²) in [5.74, 6) is 0. The Kier molecular flexibility index (Phi) is 4.78. The number of ether oxygens (including phenoxy) is 1. The summed E-state index contributed by atoms with van der Waals surface area (Å²) in [6.45, 7) is 5.57. The van der Waals surface area contributed by atoms with Crippen LogP contribution in [0.5, 0.6) is 0 Å². The Hall–Kier alpha value is -0.120. The van der Waals surface area contributed by atoms with Gasteiger partial charge in [-0.25, -0.2) is 0 Å². The van der Waals surface area contributed by atoms with Gasteiger partial charge >= 0.3 is 0 Å². The molecule has 4 unspecified atom stereocenters. The molecule has 3 aliphatic rings. The van der Waals surface area contributed by atoms with Crippen molar-refractivity contribution in [3.63, 3.8) is 0 Å². The highest BCUT2D eigenvalue weighted by Crippen LogP contribution is 2.34. The zero-order valence-corrected chi connectivity index (χ0v) is 12.4. The highest BCUT2D eigenvalue weighted by atomic mass is 16.5. The smallest absolute Gasteiger partial charge is 0.0731 e. The highest BCUT2D eigenvalue weighted by Gasteiger charge is 2.41. The molecular weight excluding hydrogens is 236 g/mol. The van der Waals surface area contributed by atoms with Gasteiger partial charge in [-0.3, -0.25) is 4.90 Å². The van der Waals surface area contributed by atoms with Gasteiger partial charge in [0.15, 0.2) is 0 Å². The van der Waals surface area contributed by atoms with E-state index in [1.165, 1.54) is 57.9 Å². The molecular formula is C16H30N2O. The van der Waals surface area contributed by atoms with Crippen molar-refractivity contribution in [3.8, 4) is 0 Å². The van der Waals surface area contributed by atoms with Crippen LogP contribution < -0.4 is 5.32 Å². The Morgan fingerprint density at radius 1 is 1.05 bits per heavy atom. The summed E-state index contributed by atoms with van der Waals surface area (Å²) in [6.07, 6.45) is 11.4. The SMILES string of the molecule is CCCNC1CCCCC1N1CCOC2CCCC21. The zero-order valence-electron chi connectivity index (χ0n) is 12.4. The summed E-state index contributed by atoms with van der Waals surface area (Å²) in [4.78, 5) is 2.83. The van der Waals surface area contributed by atoms with Gasteiger partial charge in [-0.05, 0) is 45.1 Å². The molecule has 0 bridgehead atoms. The fourth-order valence-electron chi connectivity index (χ4n) is 4.44. The van der Waals surface area contributed by atoms with Crippen LogP contribution in [-0.2, 0) is 4.74 Å². The maximum atomic E-state index is 5.98. The van der Waals surface area contributed by atoms with E-state index in [4.69, 9.17) is 4.74 Å². The first kappa shape index (κ1) is 13.8. The van der Waals surface area contributed by atoms with Crippen LogP contribution in [-0.4, -0.2) is 48.8 Å². The molecule has 3 fully saturated rings. The minimum absolute atomic E-state index is 0.544. The largest absolute Gasteiger partial charge is 0.375 e. The Labute approximate surface area is 118 Å². The first-order valence-corrected chi connectivity index (χ1v) is 8.51. The molecule has 1 heterocycles. The van der Waals surface area contributed by atoms with Crippen molar-refractivity contribution in [2.24, 2.45) is 0 Å². The van der Waals surface area contributed by atoms with Crippen molar-refractivity contribution in [2.75, 3.05) is 19.7 Å². The summed E-state index contributed by atoms with van der Waals surface area (Å²) in [6, 6.07) is 2.23. The quantitative estimate of drug-likeness (QED) is 0.846. The normalized spacial score (nSPS) is 40.3. The Balaban J connectivity index is 1.66. The first-order chi connectivity index (χ1) is 9.40. The van der Waals surface area contributed by atoms with Crippen LogP contribution in [0.2, 0.25) is 0 Å². The number of nitrogens with one attached hydrogen (secondary N) is 1. The maximum absolute atomic E-state index is 5.98. The van der Waals surface area contributed by atoms with E-state index in [1.54, 1.807) is 0 Å². The van der Waals surface area contributed by atoms with Crippen LogP contribution >= 0.6 is 0 Å². The van der Waals surface area contributed by atoms with E-state index in [-0.39, 0.29) is 0 Å². The molecule has 0 aromatic heterocycles. The molecule has 4 atom stereocenters. The molecule has 0 aromatic rings. The van der Waals surface area contributed by atoms with Crippen molar-refractivity contribution in [2.45, 2.75) is 82.5 Å². The van der Waals surface area contributed by atoms with Gasteiger partial charge in [0.2, 0.25) is 0 Å². The standard InChI is InChI=1S/C16H30N2O/c1-2-10-17-13-6-3-4-7-14(13)18-11-12-19-16-9-5-8-15(16)18/h13-17H,2-12H2,1H3. The summed E-state index contributed by atoms with van der Waals surface area (Å²) in [7, 11) is 0. The molecule has 1 saturated heterocycles. The van der Waals surface area contributed by atoms with Crippen LogP contribution in [0, 0.1) is 0 Å². The number of nitrogens with zero attached hydrogens (tertiary/aromatic N) is 1. The first-order valence-electron chi connectivity index (χ1n) is 8.51. The van der Waals surface area contributed by atoms with E-state index < -0.39 is 0 Å². The zero-order chi connectivity index (χ0) is 13.1. The van der Waals surface area contributed by atoms with Crippen molar-refractivity contribution in [3.05, 3.63) is 0 Å². The van der Waals surface area contributed by atoms with Gasteiger partial charge in [-0.2, -0.15) is 0 Å². The van der Waals surface area contributed by atoms with E-state index >= 15 is 0 Å². The average molecular weight is 266 g/mol. The lowest BCUT2D eigenvalue weighted by atomic mass is 9.87. The molecule has 2 aliphatic carbocycles. The van der Waals surface area contributed by atoms with Gasteiger partial charge in [0.05, 0.1) is 12.7 Å². The van der Waals surface area contributed by atoms with Gasteiger partial charge in [0.1, 0.15) is 0 Å². The minimum Gasteiger partial charge on any atom is -0.375 e. The molecule has 19 heavy (non-hydrogen) atoms. The Morgan fingerprint density at radius 3 is 2.79 bits per heavy atom. The highest BCUT2D eigenvalue weighted by molar-refractivity contribution is 4.97. The second kappa shape index (κ2) is 6.55. The van der Waals surface area contributed by atoms with Crippen molar-refractivity contribution >= 4 is 0 Å². The Morgan fingerprint density at radius 2 is 1.89 bits per heavy atom. The second-order valence-electron chi connectivity index (χ2n) is 6.56. The van der Waals surface area contributed by atoms with E-state index in [2.05, 4.69) is 17.1 Å². The molecule has 3 nitrogen and oxygen atoms in total. The lowest BCUT2D eigenvalue weighted by molar-refractivity contribution is -0.0814. The number of morpholine rings is 1. The van der Waals surface area contributed by atoms with Crippen LogP contribution in [0.15, 0.2) is 0 Å². The van der Waals surface area contributed by atoms with Crippen LogP contribution in [0.3, 0.4) is 0 Å². The topological polar surface area (TPSA) is 24.5 Å². The molecule has 0 spiro atoms. The van der Waals surface area contributed by atoms with Gasteiger partial charge in [0.25, 0.3) is 0 Å². The molecule has 1 aliphatic heterocycles. The maximum Gasteiger partial charge on any atom is 0.0731 e. The van der Waals surface area contributed by atoms with Gasteiger partial charge in [0, 0.05) is 24.7 Å². The Bertz CT molecular complexity index is 284. The van der Waals surface area contributed by atoms with Crippen LogP contribution in [0.4, 0.5) is 0 Å². The van der Waals surface area contributed by atoms with Gasteiger partial charge in [-0.1, -0.05) is 19.8 Å². The fourth-order valence-corrected chi connectivity index (χ4v) is 4.44. The van der Waals surface area contributed by atoms with E-state index in [0.29, 0.717) is 6.10 Å². The van der Waals surface area contributed by atoms with Crippen molar-refractivity contribution in [1.82, 2.24) is 10.2 Å². The van der Waals surface area contributed by atoms with Crippen molar-refractivity contribution < 1.29 is 4.74 Å². The summed E-state index contributed by atoms with van der Waals surface area (Å²) in [5, 5.41) is 3.82. The van der Waals surface area contributed by atoms with Gasteiger partial charge in [-0.15, -0.1) is 0 Å².